The number of rotatable bonds is 4. The SMILES string of the molecule is COc1ccc2nc(N3CCC(NC(=O)c4cccnc4)CC3)sc2c1. The minimum absolute atomic E-state index is 0.0522. The van der Waals surface area contributed by atoms with Crippen molar-refractivity contribution in [2.75, 3.05) is 25.1 Å². The highest BCUT2D eigenvalue weighted by molar-refractivity contribution is 7.22. The Labute approximate surface area is 155 Å². The van der Waals surface area contributed by atoms with Gasteiger partial charge in [-0.05, 0) is 43.2 Å². The Morgan fingerprint density at radius 1 is 1.31 bits per heavy atom. The number of pyridine rings is 1. The number of amides is 1. The average Bonchev–Trinajstić information content (AvgIpc) is 3.12. The Morgan fingerprint density at radius 2 is 2.15 bits per heavy atom. The summed E-state index contributed by atoms with van der Waals surface area (Å²) in [4.78, 5) is 23.3. The minimum Gasteiger partial charge on any atom is -0.497 e. The van der Waals surface area contributed by atoms with E-state index in [4.69, 9.17) is 9.72 Å². The van der Waals surface area contributed by atoms with Crippen molar-refractivity contribution in [3.8, 4) is 5.75 Å². The molecule has 1 aliphatic heterocycles. The number of piperidine rings is 1. The molecule has 6 nitrogen and oxygen atoms in total. The monoisotopic (exact) mass is 368 g/mol. The van der Waals surface area contributed by atoms with Crippen LogP contribution in [-0.4, -0.2) is 42.1 Å². The van der Waals surface area contributed by atoms with Gasteiger partial charge in [0.1, 0.15) is 5.75 Å². The fraction of sp³-hybridized carbons (Fsp3) is 0.316. The molecule has 0 unspecified atom stereocenters. The second kappa shape index (κ2) is 7.29. The van der Waals surface area contributed by atoms with Crippen molar-refractivity contribution in [3.63, 3.8) is 0 Å². The lowest BCUT2D eigenvalue weighted by molar-refractivity contribution is 0.0930. The van der Waals surface area contributed by atoms with Gasteiger partial charge in [-0.1, -0.05) is 11.3 Å². The van der Waals surface area contributed by atoms with Crippen LogP contribution >= 0.6 is 11.3 Å². The van der Waals surface area contributed by atoms with Gasteiger partial charge in [0.25, 0.3) is 5.91 Å². The zero-order chi connectivity index (χ0) is 17.9. The normalized spacial score (nSPS) is 15.2. The van der Waals surface area contributed by atoms with Gasteiger partial charge in [-0.15, -0.1) is 0 Å². The van der Waals surface area contributed by atoms with Crippen LogP contribution in [0.25, 0.3) is 10.2 Å². The lowest BCUT2D eigenvalue weighted by Crippen LogP contribution is -2.44. The maximum absolute atomic E-state index is 12.3. The van der Waals surface area contributed by atoms with Gasteiger partial charge in [0.05, 0.1) is 22.9 Å². The van der Waals surface area contributed by atoms with Crippen LogP contribution in [0.5, 0.6) is 5.75 Å². The molecule has 0 saturated carbocycles. The number of benzene rings is 1. The van der Waals surface area contributed by atoms with Gasteiger partial charge >= 0.3 is 0 Å². The molecule has 1 fully saturated rings. The molecule has 134 valence electrons. The first-order valence-corrected chi connectivity index (χ1v) is 9.45. The quantitative estimate of drug-likeness (QED) is 0.766. The van der Waals surface area contributed by atoms with E-state index in [-0.39, 0.29) is 11.9 Å². The Balaban J connectivity index is 1.38. The van der Waals surface area contributed by atoms with E-state index in [1.807, 2.05) is 18.2 Å². The molecule has 3 aromatic rings. The number of hydrogen-bond acceptors (Lipinski definition) is 6. The molecule has 0 spiro atoms. The highest BCUT2D eigenvalue weighted by Crippen LogP contribution is 2.32. The largest absolute Gasteiger partial charge is 0.497 e. The fourth-order valence-electron chi connectivity index (χ4n) is 3.14. The summed E-state index contributed by atoms with van der Waals surface area (Å²) in [5, 5.41) is 4.14. The summed E-state index contributed by atoms with van der Waals surface area (Å²) in [5.74, 6) is 0.799. The smallest absolute Gasteiger partial charge is 0.253 e. The van der Waals surface area contributed by atoms with Crippen LogP contribution in [0.3, 0.4) is 0 Å². The molecular weight excluding hydrogens is 348 g/mol. The van der Waals surface area contributed by atoms with E-state index in [2.05, 4.69) is 15.2 Å². The first-order valence-electron chi connectivity index (χ1n) is 8.63. The molecule has 26 heavy (non-hydrogen) atoms. The molecule has 1 aromatic carbocycles. The van der Waals surface area contributed by atoms with Gasteiger partial charge in [-0.25, -0.2) is 4.98 Å². The van der Waals surface area contributed by atoms with E-state index in [1.165, 1.54) is 0 Å². The van der Waals surface area contributed by atoms with Crippen LogP contribution < -0.4 is 15.0 Å². The van der Waals surface area contributed by atoms with Crippen LogP contribution in [0.4, 0.5) is 5.13 Å². The van der Waals surface area contributed by atoms with Crippen molar-refractivity contribution >= 4 is 32.6 Å². The number of carbonyl (C=O) groups excluding carboxylic acids is 1. The summed E-state index contributed by atoms with van der Waals surface area (Å²) in [5.41, 5.74) is 1.60. The topological polar surface area (TPSA) is 67.3 Å². The van der Waals surface area contributed by atoms with Gasteiger partial charge in [0.15, 0.2) is 5.13 Å². The summed E-state index contributed by atoms with van der Waals surface area (Å²) < 4.78 is 6.42. The molecule has 4 rings (SSSR count). The van der Waals surface area contributed by atoms with Crippen molar-refractivity contribution in [2.45, 2.75) is 18.9 Å². The van der Waals surface area contributed by atoms with E-state index < -0.39 is 0 Å². The van der Waals surface area contributed by atoms with Gasteiger partial charge < -0.3 is 15.0 Å². The van der Waals surface area contributed by atoms with Crippen molar-refractivity contribution in [1.29, 1.82) is 0 Å². The highest BCUT2D eigenvalue weighted by Gasteiger charge is 2.23. The summed E-state index contributed by atoms with van der Waals surface area (Å²) in [6.07, 6.45) is 5.08. The second-order valence-electron chi connectivity index (χ2n) is 6.31. The second-order valence-corrected chi connectivity index (χ2v) is 7.32. The van der Waals surface area contributed by atoms with Crippen LogP contribution in [0, 0.1) is 0 Å². The number of methoxy groups -OCH3 is 1. The maximum Gasteiger partial charge on any atom is 0.253 e. The molecule has 1 amide bonds. The number of fused-ring (bicyclic) bond motifs is 1. The molecular formula is C19H20N4O2S. The van der Waals surface area contributed by atoms with Crippen LogP contribution in [0.1, 0.15) is 23.2 Å². The van der Waals surface area contributed by atoms with Crippen LogP contribution in [0.2, 0.25) is 0 Å². The molecule has 2 aromatic heterocycles. The molecule has 0 bridgehead atoms. The molecule has 1 aliphatic rings. The predicted molar refractivity (Wildman–Crippen MR) is 103 cm³/mol. The van der Waals surface area contributed by atoms with E-state index in [0.717, 1.165) is 47.0 Å². The molecule has 1 N–H and O–H groups in total. The Bertz CT molecular complexity index is 904. The minimum atomic E-state index is -0.0522. The van der Waals surface area contributed by atoms with E-state index in [1.54, 1.807) is 43.0 Å². The molecule has 0 radical (unpaired) electrons. The Kier molecular flexibility index (Phi) is 4.71. The zero-order valence-electron chi connectivity index (χ0n) is 14.5. The number of nitrogens with one attached hydrogen (secondary N) is 1. The number of ether oxygens (including phenoxy) is 1. The van der Waals surface area contributed by atoms with Gasteiger partial charge in [-0.2, -0.15) is 0 Å². The van der Waals surface area contributed by atoms with E-state index >= 15 is 0 Å². The first kappa shape index (κ1) is 16.8. The third kappa shape index (κ3) is 3.48. The third-order valence-corrected chi connectivity index (χ3v) is 5.69. The average molecular weight is 368 g/mol. The van der Waals surface area contributed by atoms with E-state index in [9.17, 15) is 4.79 Å². The lowest BCUT2D eigenvalue weighted by atomic mass is 10.1. The summed E-state index contributed by atoms with van der Waals surface area (Å²) in [6.45, 7) is 1.77. The predicted octanol–water partition coefficient (Wildman–Crippen LogP) is 3.10. The number of carbonyl (C=O) groups is 1. The summed E-state index contributed by atoms with van der Waals surface area (Å²) in [7, 11) is 1.67. The van der Waals surface area contributed by atoms with Gasteiger partial charge in [0.2, 0.25) is 0 Å². The third-order valence-electron chi connectivity index (χ3n) is 4.61. The van der Waals surface area contributed by atoms with Gasteiger partial charge in [-0.3, -0.25) is 9.78 Å². The Hall–Kier alpha value is -2.67. The zero-order valence-corrected chi connectivity index (χ0v) is 15.3. The Morgan fingerprint density at radius 3 is 2.88 bits per heavy atom. The molecule has 0 atom stereocenters. The molecule has 1 saturated heterocycles. The number of hydrogen-bond donors (Lipinski definition) is 1. The van der Waals surface area contributed by atoms with Crippen molar-refractivity contribution in [3.05, 3.63) is 48.3 Å². The van der Waals surface area contributed by atoms with Crippen LogP contribution in [0.15, 0.2) is 42.7 Å². The number of anilines is 1. The van der Waals surface area contributed by atoms with E-state index in [0.29, 0.717) is 5.56 Å². The lowest BCUT2D eigenvalue weighted by Gasteiger charge is -2.32. The number of aromatic nitrogens is 2. The molecule has 7 heteroatoms. The first-order chi connectivity index (χ1) is 12.7. The number of nitrogens with zero attached hydrogens (tertiary/aromatic N) is 3. The number of thiazole rings is 1. The van der Waals surface area contributed by atoms with Crippen molar-refractivity contribution in [2.24, 2.45) is 0 Å². The van der Waals surface area contributed by atoms with Crippen molar-refractivity contribution in [1.82, 2.24) is 15.3 Å². The van der Waals surface area contributed by atoms with Crippen LogP contribution in [-0.2, 0) is 0 Å². The molecule has 3 heterocycles. The van der Waals surface area contributed by atoms with Gasteiger partial charge in [0, 0.05) is 31.5 Å². The molecule has 0 aliphatic carbocycles. The standard InChI is InChI=1S/C19H20N4O2S/c1-25-15-4-5-16-17(11-15)26-19(22-16)23-9-6-14(7-10-23)21-18(24)13-3-2-8-20-12-13/h2-5,8,11-12,14H,6-7,9-10H2,1H3,(H,21,24). The highest BCUT2D eigenvalue weighted by atomic mass is 32.1. The van der Waals surface area contributed by atoms with Crippen molar-refractivity contribution < 1.29 is 9.53 Å². The fourth-order valence-corrected chi connectivity index (χ4v) is 4.18. The summed E-state index contributed by atoms with van der Waals surface area (Å²) in [6, 6.07) is 9.71. The summed E-state index contributed by atoms with van der Waals surface area (Å²) >= 11 is 1.68. The maximum atomic E-state index is 12.3.